The van der Waals surface area contributed by atoms with Gasteiger partial charge in [-0.1, -0.05) is 24.3 Å². The van der Waals surface area contributed by atoms with Crippen molar-refractivity contribution in [2.75, 3.05) is 23.4 Å². The van der Waals surface area contributed by atoms with Gasteiger partial charge in [0, 0.05) is 18.3 Å². The molecule has 0 fully saturated rings. The molecule has 0 bridgehead atoms. The second-order valence-electron chi connectivity index (χ2n) is 7.36. The Morgan fingerprint density at radius 2 is 2.03 bits per heavy atom. The van der Waals surface area contributed by atoms with Gasteiger partial charge in [-0.05, 0) is 57.0 Å². The van der Waals surface area contributed by atoms with E-state index >= 15 is 0 Å². The molecule has 1 aliphatic rings. The normalized spacial score (nSPS) is 15.4. The van der Waals surface area contributed by atoms with Gasteiger partial charge in [0.05, 0.1) is 5.69 Å². The summed E-state index contributed by atoms with van der Waals surface area (Å²) >= 11 is 0. The van der Waals surface area contributed by atoms with Crippen LogP contribution in [-0.4, -0.2) is 31.1 Å². The molecule has 1 aliphatic heterocycles. The van der Waals surface area contributed by atoms with E-state index in [-0.39, 0.29) is 18.4 Å². The molecule has 2 aromatic rings. The topological polar surface area (TPSA) is 67.9 Å². The van der Waals surface area contributed by atoms with Gasteiger partial charge in [-0.25, -0.2) is 0 Å². The van der Waals surface area contributed by atoms with Gasteiger partial charge in [0.15, 0.2) is 12.7 Å². The van der Waals surface area contributed by atoms with E-state index in [0.29, 0.717) is 29.4 Å². The third kappa shape index (κ3) is 4.59. The lowest BCUT2D eigenvalue weighted by molar-refractivity contribution is -0.125. The molecule has 0 saturated heterocycles. The molecule has 0 aromatic heterocycles. The number of carbonyl (C=O) groups is 2. The summed E-state index contributed by atoms with van der Waals surface area (Å²) in [5, 5.41) is 2.81. The van der Waals surface area contributed by atoms with E-state index < -0.39 is 6.10 Å². The molecule has 3 rings (SSSR count). The van der Waals surface area contributed by atoms with Gasteiger partial charge in [0.25, 0.3) is 11.8 Å². The summed E-state index contributed by atoms with van der Waals surface area (Å²) in [4.78, 5) is 26.4. The second-order valence-corrected chi connectivity index (χ2v) is 7.36. The molecule has 0 saturated carbocycles. The lowest BCUT2D eigenvalue weighted by Crippen LogP contribution is -2.45. The van der Waals surface area contributed by atoms with Crippen LogP contribution in [0, 0.1) is 13.8 Å². The van der Waals surface area contributed by atoms with Crippen molar-refractivity contribution in [2.45, 2.75) is 33.8 Å². The minimum atomic E-state index is -0.597. The van der Waals surface area contributed by atoms with Crippen molar-refractivity contribution in [1.29, 1.82) is 0 Å². The van der Waals surface area contributed by atoms with E-state index in [9.17, 15) is 9.59 Å². The number of hydrogen-bond acceptors (Lipinski definition) is 4. The number of nitrogens with one attached hydrogen (secondary N) is 1. The molecule has 0 aliphatic carbocycles. The van der Waals surface area contributed by atoms with Crippen molar-refractivity contribution in [3.8, 4) is 11.5 Å². The van der Waals surface area contributed by atoms with Crippen LogP contribution in [0.2, 0.25) is 0 Å². The minimum Gasteiger partial charge on any atom is -0.483 e. The first-order chi connectivity index (χ1) is 13.8. The average molecular weight is 394 g/mol. The Morgan fingerprint density at radius 1 is 1.28 bits per heavy atom. The maximum atomic E-state index is 12.4. The molecule has 1 N–H and O–H groups in total. The zero-order chi connectivity index (χ0) is 21.1. The maximum Gasteiger partial charge on any atom is 0.268 e. The van der Waals surface area contributed by atoms with Gasteiger partial charge >= 0.3 is 0 Å². The van der Waals surface area contributed by atoms with Crippen LogP contribution in [0.4, 0.5) is 11.4 Å². The highest BCUT2D eigenvalue weighted by Gasteiger charge is 2.31. The van der Waals surface area contributed by atoms with E-state index in [1.54, 1.807) is 30.0 Å². The highest BCUT2D eigenvalue weighted by molar-refractivity contribution is 6.01. The lowest BCUT2D eigenvalue weighted by atomic mass is 10.1. The summed E-state index contributed by atoms with van der Waals surface area (Å²) in [7, 11) is 0. The van der Waals surface area contributed by atoms with Crippen molar-refractivity contribution in [3.05, 3.63) is 59.7 Å². The fraction of sp³-hybridized carbons (Fsp3) is 0.304. The quantitative estimate of drug-likeness (QED) is 0.752. The average Bonchev–Trinajstić information content (AvgIpc) is 2.66. The molecule has 2 amide bonds. The van der Waals surface area contributed by atoms with E-state index in [4.69, 9.17) is 9.47 Å². The standard InChI is InChI=1S/C23H26N2O4/c1-14(2)12-25-19-10-9-18(11-21(19)29-17(5)23(25)27)24-22(26)13-28-20-8-6-7-15(3)16(20)4/h6-11,17H,1,12-13H2,2-5H3,(H,24,26). The molecule has 1 heterocycles. The smallest absolute Gasteiger partial charge is 0.268 e. The molecule has 0 spiro atoms. The Balaban J connectivity index is 1.70. The minimum absolute atomic E-state index is 0.0983. The number of ether oxygens (including phenoxy) is 2. The van der Waals surface area contributed by atoms with Gasteiger partial charge < -0.3 is 19.7 Å². The number of anilines is 2. The van der Waals surface area contributed by atoms with E-state index in [0.717, 1.165) is 16.7 Å². The zero-order valence-electron chi connectivity index (χ0n) is 17.2. The molecular weight excluding hydrogens is 368 g/mol. The molecule has 0 radical (unpaired) electrons. The second kappa shape index (κ2) is 8.39. The number of carbonyl (C=O) groups excluding carboxylic acids is 2. The third-order valence-corrected chi connectivity index (χ3v) is 4.79. The van der Waals surface area contributed by atoms with Crippen molar-refractivity contribution in [3.63, 3.8) is 0 Å². The molecule has 2 aromatic carbocycles. The number of rotatable bonds is 6. The monoisotopic (exact) mass is 394 g/mol. The van der Waals surface area contributed by atoms with Crippen LogP contribution in [0.15, 0.2) is 48.6 Å². The summed E-state index contributed by atoms with van der Waals surface area (Å²) in [6, 6.07) is 11.0. The van der Waals surface area contributed by atoms with Gasteiger partial charge in [0.1, 0.15) is 11.5 Å². The first-order valence-electron chi connectivity index (χ1n) is 9.51. The fourth-order valence-electron chi connectivity index (χ4n) is 3.14. The number of nitrogens with zero attached hydrogens (tertiary/aromatic N) is 1. The number of aryl methyl sites for hydroxylation is 1. The van der Waals surface area contributed by atoms with Gasteiger partial charge in [-0.2, -0.15) is 0 Å². The van der Waals surface area contributed by atoms with Crippen molar-refractivity contribution >= 4 is 23.2 Å². The van der Waals surface area contributed by atoms with Crippen LogP contribution in [0.25, 0.3) is 0 Å². The first-order valence-corrected chi connectivity index (χ1v) is 9.51. The summed E-state index contributed by atoms with van der Waals surface area (Å²) in [5.41, 5.74) is 4.24. The highest BCUT2D eigenvalue weighted by atomic mass is 16.5. The third-order valence-electron chi connectivity index (χ3n) is 4.79. The molecule has 1 unspecified atom stereocenters. The number of benzene rings is 2. The lowest BCUT2D eigenvalue weighted by Gasteiger charge is -2.33. The predicted octanol–water partition coefficient (Wildman–Crippen LogP) is 4.01. The van der Waals surface area contributed by atoms with Gasteiger partial charge in [0.2, 0.25) is 0 Å². The number of fused-ring (bicyclic) bond motifs is 1. The summed E-state index contributed by atoms with van der Waals surface area (Å²) in [6.45, 7) is 11.8. The molecule has 29 heavy (non-hydrogen) atoms. The Bertz CT molecular complexity index is 967. The Hall–Kier alpha value is -3.28. The van der Waals surface area contributed by atoms with Crippen molar-refractivity contribution < 1.29 is 19.1 Å². The Labute approximate surface area is 171 Å². The number of hydrogen-bond donors (Lipinski definition) is 1. The zero-order valence-corrected chi connectivity index (χ0v) is 17.2. The first kappa shape index (κ1) is 20.5. The van der Waals surface area contributed by atoms with E-state index in [2.05, 4.69) is 11.9 Å². The van der Waals surface area contributed by atoms with Crippen LogP contribution in [-0.2, 0) is 9.59 Å². The Kier molecular flexibility index (Phi) is 5.92. The summed E-state index contributed by atoms with van der Waals surface area (Å²) in [6.07, 6.45) is -0.597. The molecule has 152 valence electrons. The molecule has 1 atom stereocenters. The van der Waals surface area contributed by atoms with Crippen LogP contribution < -0.4 is 19.7 Å². The van der Waals surface area contributed by atoms with Crippen molar-refractivity contribution in [2.24, 2.45) is 0 Å². The SMILES string of the molecule is C=C(C)CN1C(=O)C(C)Oc2cc(NC(=O)COc3cccc(C)c3C)ccc21. The van der Waals surface area contributed by atoms with E-state index in [1.165, 1.54) is 0 Å². The predicted molar refractivity (Wildman–Crippen MR) is 114 cm³/mol. The molecular formula is C23H26N2O4. The maximum absolute atomic E-state index is 12.4. The van der Waals surface area contributed by atoms with Crippen molar-refractivity contribution in [1.82, 2.24) is 0 Å². The van der Waals surface area contributed by atoms with Crippen LogP contribution >= 0.6 is 0 Å². The van der Waals surface area contributed by atoms with Crippen LogP contribution in [0.3, 0.4) is 0 Å². The molecule has 6 nitrogen and oxygen atoms in total. The largest absolute Gasteiger partial charge is 0.483 e. The Morgan fingerprint density at radius 3 is 2.76 bits per heavy atom. The van der Waals surface area contributed by atoms with Crippen LogP contribution in [0.1, 0.15) is 25.0 Å². The van der Waals surface area contributed by atoms with Gasteiger partial charge in [-0.3, -0.25) is 9.59 Å². The summed E-state index contributed by atoms with van der Waals surface area (Å²) < 4.78 is 11.4. The summed E-state index contributed by atoms with van der Waals surface area (Å²) in [5.74, 6) is 0.854. The van der Waals surface area contributed by atoms with Crippen LogP contribution in [0.5, 0.6) is 11.5 Å². The molecule has 6 heteroatoms. The fourth-order valence-corrected chi connectivity index (χ4v) is 3.14. The van der Waals surface area contributed by atoms with Gasteiger partial charge in [-0.15, -0.1) is 0 Å². The number of amides is 2. The highest BCUT2D eigenvalue weighted by Crippen LogP contribution is 2.36. The van der Waals surface area contributed by atoms with E-state index in [1.807, 2.05) is 39.0 Å².